The van der Waals surface area contributed by atoms with Gasteiger partial charge in [0.15, 0.2) is 0 Å². The highest BCUT2D eigenvalue weighted by atomic mass is 15.2. The van der Waals surface area contributed by atoms with Crippen molar-refractivity contribution < 1.29 is 0 Å². The lowest BCUT2D eigenvalue weighted by molar-refractivity contribution is 0.197. The molecular formula is C18H30N2. The van der Waals surface area contributed by atoms with E-state index in [1.54, 1.807) is 0 Å². The van der Waals surface area contributed by atoms with E-state index in [9.17, 15) is 0 Å². The molecule has 1 fully saturated rings. The highest BCUT2D eigenvalue weighted by Crippen LogP contribution is 2.36. The van der Waals surface area contributed by atoms with E-state index >= 15 is 0 Å². The zero-order valence-corrected chi connectivity index (χ0v) is 13.5. The topological polar surface area (TPSA) is 29.3 Å². The Morgan fingerprint density at radius 2 is 1.90 bits per heavy atom. The summed E-state index contributed by atoms with van der Waals surface area (Å²) in [5.74, 6) is 0.784. The molecule has 0 aliphatic carbocycles. The highest BCUT2D eigenvalue weighted by Gasteiger charge is 2.34. The number of benzene rings is 1. The number of aryl methyl sites for hydroxylation is 1. The fraction of sp³-hybridized carbons (Fsp3) is 0.667. The second kappa shape index (κ2) is 6.28. The molecule has 0 bridgehead atoms. The Bertz CT molecular complexity index is 416. The van der Waals surface area contributed by atoms with Crippen LogP contribution in [-0.2, 0) is 6.42 Å². The highest BCUT2D eigenvalue weighted by molar-refractivity contribution is 5.25. The molecule has 2 rings (SSSR count). The second-order valence-electron chi connectivity index (χ2n) is 7.19. The molecule has 1 aliphatic heterocycles. The third kappa shape index (κ3) is 3.42. The van der Waals surface area contributed by atoms with Crippen LogP contribution in [0.3, 0.4) is 0 Å². The Morgan fingerprint density at radius 3 is 2.35 bits per heavy atom. The summed E-state index contributed by atoms with van der Waals surface area (Å²) in [4.78, 5) is 2.58. The van der Waals surface area contributed by atoms with Crippen molar-refractivity contribution in [2.75, 3.05) is 19.6 Å². The lowest BCUT2D eigenvalue weighted by Gasteiger charge is -2.30. The molecular weight excluding hydrogens is 244 g/mol. The van der Waals surface area contributed by atoms with E-state index < -0.39 is 0 Å². The van der Waals surface area contributed by atoms with Crippen LogP contribution in [0, 0.1) is 11.3 Å². The summed E-state index contributed by atoms with van der Waals surface area (Å²) in [5.41, 5.74) is 9.25. The van der Waals surface area contributed by atoms with Crippen molar-refractivity contribution >= 4 is 0 Å². The Hall–Kier alpha value is -0.860. The van der Waals surface area contributed by atoms with Crippen molar-refractivity contribution in [1.29, 1.82) is 0 Å². The smallest absolute Gasteiger partial charge is 0.0470 e. The SMILES string of the molecule is CCc1ccc(C(CN)N2CCC(C(C)(C)C)C2)cc1. The van der Waals surface area contributed by atoms with E-state index in [4.69, 9.17) is 5.73 Å². The van der Waals surface area contributed by atoms with Crippen molar-refractivity contribution in [2.24, 2.45) is 17.1 Å². The first-order chi connectivity index (χ1) is 9.45. The van der Waals surface area contributed by atoms with Crippen LogP contribution >= 0.6 is 0 Å². The molecule has 112 valence electrons. The zero-order chi connectivity index (χ0) is 14.8. The first-order valence-electron chi connectivity index (χ1n) is 7.98. The molecule has 2 heteroatoms. The molecule has 0 radical (unpaired) electrons. The third-order valence-corrected chi connectivity index (χ3v) is 4.88. The van der Waals surface area contributed by atoms with Crippen molar-refractivity contribution in [3.05, 3.63) is 35.4 Å². The van der Waals surface area contributed by atoms with Gasteiger partial charge in [0, 0.05) is 19.1 Å². The standard InChI is InChI=1S/C18H30N2/c1-5-14-6-8-15(9-7-14)17(12-19)20-11-10-16(13-20)18(2,3)4/h6-9,16-17H,5,10-13,19H2,1-4H3. The van der Waals surface area contributed by atoms with Gasteiger partial charge in [-0.05, 0) is 41.8 Å². The molecule has 0 amide bonds. The molecule has 1 saturated heterocycles. The van der Waals surface area contributed by atoms with Gasteiger partial charge < -0.3 is 5.73 Å². The molecule has 2 unspecified atom stereocenters. The first kappa shape index (κ1) is 15.5. The minimum absolute atomic E-state index is 0.383. The molecule has 2 nitrogen and oxygen atoms in total. The molecule has 0 spiro atoms. The Kier molecular flexibility index (Phi) is 4.87. The van der Waals surface area contributed by atoms with Gasteiger partial charge in [-0.1, -0.05) is 52.0 Å². The van der Waals surface area contributed by atoms with Gasteiger partial charge in [0.25, 0.3) is 0 Å². The van der Waals surface area contributed by atoms with Crippen LogP contribution in [0.1, 0.15) is 51.3 Å². The summed E-state index contributed by atoms with van der Waals surface area (Å²) in [7, 11) is 0. The van der Waals surface area contributed by atoms with E-state index in [2.05, 4.69) is 56.9 Å². The van der Waals surface area contributed by atoms with E-state index in [1.165, 1.54) is 30.6 Å². The van der Waals surface area contributed by atoms with Crippen LogP contribution in [0.2, 0.25) is 0 Å². The molecule has 20 heavy (non-hydrogen) atoms. The van der Waals surface area contributed by atoms with Gasteiger partial charge in [0.1, 0.15) is 0 Å². The molecule has 1 aliphatic rings. The summed E-state index contributed by atoms with van der Waals surface area (Å²) >= 11 is 0. The minimum Gasteiger partial charge on any atom is -0.329 e. The lowest BCUT2D eigenvalue weighted by Crippen LogP contribution is -2.33. The number of nitrogens with zero attached hydrogens (tertiary/aromatic N) is 1. The van der Waals surface area contributed by atoms with Gasteiger partial charge in [-0.15, -0.1) is 0 Å². The van der Waals surface area contributed by atoms with Crippen LogP contribution in [0.5, 0.6) is 0 Å². The van der Waals surface area contributed by atoms with Crippen LogP contribution in [0.4, 0.5) is 0 Å². The quantitative estimate of drug-likeness (QED) is 0.908. The van der Waals surface area contributed by atoms with E-state index in [0.29, 0.717) is 18.0 Å². The zero-order valence-electron chi connectivity index (χ0n) is 13.5. The van der Waals surface area contributed by atoms with Gasteiger partial charge in [0.05, 0.1) is 0 Å². The minimum atomic E-state index is 0.383. The average Bonchev–Trinajstić information content (AvgIpc) is 2.90. The Labute approximate surface area is 124 Å². The van der Waals surface area contributed by atoms with Gasteiger partial charge >= 0.3 is 0 Å². The van der Waals surface area contributed by atoms with Crippen molar-refractivity contribution in [3.63, 3.8) is 0 Å². The Morgan fingerprint density at radius 1 is 1.25 bits per heavy atom. The summed E-state index contributed by atoms with van der Waals surface area (Å²) in [6, 6.07) is 9.40. The molecule has 0 aromatic heterocycles. The third-order valence-electron chi connectivity index (χ3n) is 4.88. The van der Waals surface area contributed by atoms with Crippen molar-refractivity contribution in [2.45, 2.75) is 46.6 Å². The van der Waals surface area contributed by atoms with Gasteiger partial charge in [-0.25, -0.2) is 0 Å². The maximum atomic E-state index is 6.07. The molecule has 1 aromatic rings. The van der Waals surface area contributed by atoms with E-state index in [-0.39, 0.29) is 0 Å². The fourth-order valence-corrected chi connectivity index (χ4v) is 3.25. The predicted octanol–water partition coefficient (Wildman–Crippen LogP) is 3.62. The molecule has 0 saturated carbocycles. The predicted molar refractivity (Wildman–Crippen MR) is 86.8 cm³/mol. The molecule has 1 aromatic carbocycles. The van der Waals surface area contributed by atoms with Crippen molar-refractivity contribution in [1.82, 2.24) is 4.90 Å². The van der Waals surface area contributed by atoms with Gasteiger partial charge in [0.2, 0.25) is 0 Å². The Balaban J connectivity index is 2.09. The maximum Gasteiger partial charge on any atom is 0.0470 e. The number of likely N-dealkylation sites (tertiary alicyclic amines) is 1. The van der Waals surface area contributed by atoms with Crippen molar-refractivity contribution in [3.8, 4) is 0 Å². The second-order valence-corrected chi connectivity index (χ2v) is 7.19. The molecule has 2 atom stereocenters. The monoisotopic (exact) mass is 274 g/mol. The first-order valence-corrected chi connectivity index (χ1v) is 7.98. The number of hydrogen-bond donors (Lipinski definition) is 1. The molecule has 2 N–H and O–H groups in total. The number of hydrogen-bond acceptors (Lipinski definition) is 2. The molecule has 1 heterocycles. The van der Waals surface area contributed by atoms with Crippen LogP contribution in [0.25, 0.3) is 0 Å². The number of nitrogens with two attached hydrogens (primary N) is 1. The van der Waals surface area contributed by atoms with Gasteiger partial charge in [-0.3, -0.25) is 4.90 Å². The van der Waals surface area contributed by atoms with E-state index in [1.807, 2.05) is 0 Å². The normalized spacial score (nSPS) is 22.1. The summed E-state index contributed by atoms with van der Waals surface area (Å²) in [6.07, 6.45) is 2.40. The summed E-state index contributed by atoms with van der Waals surface area (Å²) in [6.45, 7) is 12.3. The number of rotatable bonds is 4. The van der Waals surface area contributed by atoms with Gasteiger partial charge in [-0.2, -0.15) is 0 Å². The largest absolute Gasteiger partial charge is 0.329 e. The van der Waals surface area contributed by atoms with Crippen LogP contribution in [-0.4, -0.2) is 24.5 Å². The van der Waals surface area contributed by atoms with Crippen LogP contribution < -0.4 is 5.73 Å². The summed E-state index contributed by atoms with van der Waals surface area (Å²) < 4.78 is 0. The fourth-order valence-electron chi connectivity index (χ4n) is 3.25. The maximum absolute atomic E-state index is 6.07. The summed E-state index contributed by atoms with van der Waals surface area (Å²) in [5, 5.41) is 0. The average molecular weight is 274 g/mol. The lowest BCUT2D eigenvalue weighted by atomic mass is 9.80. The van der Waals surface area contributed by atoms with E-state index in [0.717, 1.165) is 12.3 Å². The van der Waals surface area contributed by atoms with Crippen LogP contribution in [0.15, 0.2) is 24.3 Å².